The lowest BCUT2D eigenvalue weighted by molar-refractivity contribution is 0.0622. The Labute approximate surface area is 208 Å². The summed E-state index contributed by atoms with van der Waals surface area (Å²) in [4.78, 5) is 4.29. The van der Waals surface area contributed by atoms with Gasteiger partial charge in [0.15, 0.2) is 0 Å². The fraction of sp³-hybridized carbons (Fsp3) is 0.154. The van der Waals surface area contributed by atoms with Crippen molar-refractivity contribution in [2.45, 2.75) is 19.6 Å². The molecule has 162 valence electrons. The highest BCUT2D eigenvalue weighted by Gasteiger charge is 2.20. The average Bonchev–Trinajstić information content (AvgIpc) is 3.21. The van der Waals surface area contributed by atoms with E-state index in [-0.39, 0.29) is 18.5 Å². The molecule has 0 aliphatic rings. The summed E-state index contributed by atoms with van der Waals surface area (Å²) in [5.74, 6) is 0. The van der Waals surface area contributed by atoms with Crippen molar-refractivity contribution in [1.82, 2.24) is 9.55 Å². The summed E-state index contributed by atoms with van der Waals surface area (Å²) in [5, 5.41) is 9.71. The van der Waals surface area contributed by atoms with E-state index in [1.165, 1.54) is 3.57 Å². The van der Waals surface area contributed by atoms with Gasteiger partial charge in [-0.15, -0.1) is 12.4 Å². The standard InChI is InChI=1S/C26H22IN3O.ClH/c1-18-5-3-4-6-23(18)24-13-20(9-10-21(24)14-28)26(25-15-29-17-30(25)2)31-16-19-7-11-22(27)12-8-19;/h3-13,15,17,26H,16H2,1-2H3;1H. The molecule has 0 amide bonds. The molecule has 0 aliphatic heterocycles. The van der Waals surface area contributed by atoms with Crippen molar-refractivity contribution in [3.63, 3.8) is 0 Å². The SMILES string of the molecule is Cc1ccccc1-c1cc(C(OCc2ccc(I)cc2)c2cncn2C)ccc1C#N.Cl. The summed E-state index contributed by atoms with van der Waals surface area (Å²) in [6, 6.07) is 24.7. The number of ether oxygens (including phenoxy) is 1. The molecule has 0 radical (unpaired) electrons. The Morgan fingerprint density at radius 2 is 1.81 bits per heavy atom. The van der Waals surface area contributed by atoms with E-state index in [0.29, 0.717) is 12.2 Å². The number of nitrogens with zero attached hydrogens (tertiary/aromatic N) is 3. The van der Waals surface area contributed by atoms with E-state index >= 15 is 0 Å². The highest BCUT2D eigenvalue weighted by Crippen LogP contribution is 2.33. The van der Waals surface area contributed by atoms with Gasteiger partial charge in [-0.1, -0.05) is 42.5 Å². The third kappa shape index (κ3) is 5.21. The Morgan fingerprint density at radius 3 is 2.47 bits per heavy atom. The normalized spacial score (nSPS) is 11.4. The molecule has 0 saturated heterocycles. The van der Waals surface area contributed by atoms with E-state index in [2.05, 4.69) is 83.0 Å². The van der Waals surface area contributed by atoms with E-state index in [1.807, 2.05) is 42.1 Å². The quantitative estimate of drug-likeness (QED) is 0.252. The number of rotatable bonds is 6. The van der Waals surface area contributed by atoms with Gasteiger partial charge in [-0.25, -0.2) is 4.98 Å². The minimum Gasteiger partial charge on any atom is -0.363 e. The van der Waals surface area contributed by atoms with Crippen LogP contribution < -0.4 is 0 Å². The second-order valence-corrected chi connectivity index (χ2v) is 8.72. The summed E-state index contributed by atoms with van der Waals surface area (Å²) in [5.41, 5.74) is 6.83. The molecule has 0 spiro atoms. The van der Waals surface area contributed by atoms with Crippen molar-refractivity contribution in [2.24, 2.45) is 7.05 Å². The average molecular weight is 556 g/mol. The summed E-state index contributed by atoms with van der Waals surface area (Å²) < 4.78 is 9.60. The fourth-order valence-electron chi connectivity index (χ4n) is 3.65. The molecule has 1 unspecified atom stereocenters. The molecule has 4 rings (SSSR count). The predicted molar refractivity (Wildman–Crippen MR) is 138 cm³/mol. The maximum absolute atomic E-state index is 9.71. The first-order valence-corrected chi connectivity index (χ1v) is 11.1. The minimum absolute atomic E-state index is 0. The third-order valence-electron chi connectivity index (χ3n) is 5.35. The van der Waals surface area contributed by atoms with Crippen LogP contribution in [0, 0.1) is 21.8 Å². The lowest BCUT2D eigenvalue weighted by atomic mass is 9.93. The lowest BCUT2D eigenvalue weighted by Crippen LogP contribution is -2.11. The molecule has 4 nitrogen and oxygen atoms in total. The van der Waals surface area contributed by atoms with Crippen molar-refractivity contribution in [1.29, 1.82) is 5.26 Å². The van der Waals surface area contributed by atoms with Gasteiger partial charge in [-0.3, -0.25) is 0 Å². The Bertz CT molecular complexity index is 1240. The predicted octanol–water partition coefficient (Wildman–Crippen LogP) is 6.60. The summed E-state index contributed by atoms with van der Waals surface area (Å²) in [6.45, 7) is 2.54. The van der Waals surface area contributed by atoms with Gasteiger partial charge < -0.3 is 9.30 Å². The number of aryl methyl sites for hydroxylation is 2. The van der Waals surface area contributed by atoms with Crippen molar-refractivity contribution in [3.05, 3.63) is 111 Å². The van der Waals surface area contributed by atoms with Crippen molar-refractivity contribution < 1.29 is 4.74 Å². The minimum atomic E-state index is -0.303. The zero-order valence-electron chi connectivity index (χ0n) is 17.8. The van der Waals surface area contributed by atoms with Gasteiger partial charge in [-0.05, 0) is 76.0 Å². The molecule has 0 N–H and O–H groups in total. The molecule has 6 heteroatoms. The van der Waals surface area contributed by atoms with Gasteiger partial charge in [0.2, 0.25) is 0 Å². The molecule has 0 bridgehead atoms. The third-order valence-corrected chi connectivity index (χ3v) is 6.07. The largest absolute Gasteiger partial charge is 0.363 e. The second kappa shape index (κ2) is 10.8. The van der Waals surface area contributed by atoms with Crippen LogP contribution in [0.2, 0.25) is 0 Å². The zero-order chi connectivity index (χ0) is 21.8. The van der Waals surface area contributed by atoms with E-state index in [0.717, 1.165) is 33.5 Å². The molecule has 0 saturated carbocycles. The van der Waals surface area contributed by atoms with Crippen LogP contribution in [0.25, 0.3) is 11.1 Å². The van der Waals surface area contributed by atoms with Crippen LogP contribution in [0.5, 0.6) is 0 Å². The molecule has 0 fully saturated rings. The lowest BCUT2D eigenvalue weighted by Gasteiger charge is -2.21. The molecule has 4 aromatic rings. The Balaban J connectivity index is 0.00000289. The number of benzene rings is 3. The van der Waals surface area contributed by atoms with Gasteiger partial charge in [0.1, 0.15) is 6.10 Å². The second-order valence-electron chi connectivity index (χ2n) is 7.48. The maximum Gasteiger partial charge on any atom is 0.124 e. The summed E-state index contributed by atoms with van der Waals surface area (Å²) >= 11 is 2.30. The molecule has 1 atom stereocenters. The van der Waals surface area contributed by atoms with Gasteiger partial charge in [0, 0.05) is 16.2 Å². The first-order valence-electron chi connectivity index (χ1n) is 9.99. The van der Waals surface area contributed by atoms with E-state index in [4.69, 9.17) is 4.74 Å². The monoisotopic (exact) mass is 555 g/mol. The number of aromatic nitrogens is 2. The summed E-state index contributed by atoms with van der Waals surface area (Å²) in [6.07, 6.45) is 3.31. The molecular formula is C26H23ClIN3O. The molecule has 1 aromatic heterocycles. The summed E-state index contributed by atoms with van der Waals surface area (Å²) in [7, 11) is 1.97. The Kier molecular flexibility index (Phi) is 8.08. The number of halogens is 2. The molecule has 0 aliphatic carbocycles. The highest BCUT2D eigenvalue weighted by atomic mass is 127. The van der Waals surface area contributed by atoms with Crippen LogP contribution in [0.1, 0.15) is 34.1 Å². The van der Waals surface area contributed by atoms with E-state index in [9.17, 15) is 5.26 Å². The van der Waals surface area contributed by atoms with Crippen LogP contribution in [-0.4, -0.2) is 9.55 Å². The Hall–Kier alpha value is -2.66. The first kappa shape index (κ1) is 24.0. The number of hydrogen-bond donors (Lipinski definition) is 0. The van der Waals surface area contributed by atoms with Crippen molar-refractivity contribution in [3.8, 4) is 17.2 Å². The van der Waals surface area contributed by atoms with Crippen molar-refractivity contribution >= 4 is 35.0 Å². The van der Waals surface area contributed by atoms with Crippen molar-refractivity contribution in [2.75, 3.05) is 0 Å². The van der Waals surface area contributed by atoms with Gasteiger partial charge in [0.25, 0.3) is 0 Å². The molecule has 32 heavy (non-hydrogen) atoms. The van der Waals surface area contributed by atoms with E-state index in [1.54, 1.807) is 6.33 Å². The molecule has 3 aromatic carbocycles. The highest BCUT2D eigenvalue weighted by molar-refractivity contribution is 14.1. The van der Waals surface area contributed by atoms with E-state index < -0.39 is 0 Å². The topological polar surface area (TPSA) is 50.8 Å². The molecular weight excluding hydrogens is 533 g/mol. The number of nitriles is 1. The van der Waals surface area contributed by atoms with Crippen LogP contribution >= 0.6 is 35.0 Å². The van der Waals surface area contributed by atoms with Gasteiger partial charge in [0.05, 0.1) is 36.5 Å². The van der Waals surface area contributed by atoms with Crippen LogP contribution in [0.3, 0.4) is 0 Å². The van der Waals surface area contributed by atoms with Gasteiger partial charge >= 0.3 is 0 Å². The van der Waals surface area contributed by atoms with Crippen LogP contribution in [-0.2, 0) is 18.4 Å². The van der Waals surface area contributed by atoms with Crippen LogP contribution in [0.4, 0.5) is 0 Å². The first-order chi connectivity index (χ1) is 15.1. The zero-order valence-corrected chi connectivity index (χ0v) is 20.8. The molecule has 1 heterocycles. The fourth-order valence-corrected chi connectivity index (χ4v) is 4.01. The van der Waals surface area contributed by atoms with Crippen LogP contribution in [0.15, 0.2) is 79.3 Å². The maximum atomic E-state index is 9.71. The number of hydrogen-bond acceptors (Lipinski definition) is 3. The number of imidazole rings is 1. The van der Waals surface area contributed by atoms with Gasteiger partial charge in [-0.2, -0.15) is 5.26 Å². The smallest absolute Gasteiger partial charge is 0.124 e. The Morgan fingerprint density at radius 1 is 1.06 bits per heavy atom.